The van der Waals surface area contributed by atoms with Crippen LogP contribution in [-0.2, 0) is 0 Å². The van der Waals surface area contributed by atoms with Crippen molar-refractivity contribution in [1.29, 1.82) is 0 Å². The molecule has 118 valence electrons. The largest absolute Gasteiger partial charge is 0.490 e. The number of thiazole rings is 1. The first-order valence-corrected chi connectivity index (χ1v) is 7.60. The number of hydrogen-bond acceptors (Lipinski definition) is 6. The van der Waals surface area contributed by atoms with Crippen molar-refractivity contribution in [2.45, 2.75) is 19.8 Å². The van der Waals surface area contributed by atoms with Crippen LogP contribution in [0.2, 0.25) is 0 Å². The van der Waals surface area contributed by atoms with Gasteiger partial charge in [-0.2, -0.15) is 5.10 Å². The number of anilines is 2. The Bertz CT molecular complexity index is 660. The molecule has 0 spiro atoms. The number of halogens is 2. The Labute approximate surface area is 130 Å². The van der Waals surface area contributed by atoms with Gasteiger partial charge in [0, 0.05) is 17.0 Å². The molecule has 3 N–H and O–H groups in total. The van der Waals surface area contributed by atoms with Crippen molar-refractivity contribution in [3.63, 3.8) is 0 Å². The van der Waals surface area contributed by atoms with Crippen LogP contribution in [-0.4, -0.2) is 17.8 Å². The second-order valence-electron chi connectivity index (χ2n) is 4.46. The van der Waals surface area contributed by atoms with Crippen molar-refractivity contribution in [1.82, 2.24) is 4.98 Å². The fraction of sp³-hybridized carbons (Fsp3) is 0.286. The normalized spacial score (nSPS) is 11.0. The Hall–Kier alpha value is -2.22. The highest BCUT2D eigenvalue weighted by Crippen LogP contribution is 2.23. The maximum Gasteiger partial charge on any atom is 0.205 e. The second kappa shape index (κ2) is 7.69. The summed E-state index contributed by atoms with van der Waals surface area (Å²) < 4.78 is 32.5. The van der Waals surface area contributed by atoms with E-state index in [1.54, 1.807) is 5.38 Å². The van der Waals surface area contributed by atoms with Crippen LogP contribution in [0.4, 0.5) is 19.7 Å². The lowest BCUT2D eigenvalue weighted by atomic mass is 10.2. The number of hydrazone groups is 1. The van der Waals surface area contributed by atoms with Gasteiger partial charge in [-0.15, -0.1) is 11.3 Å². The molecule has 0 fully saturated rings. The van der Waals surface area contributed by atoms with Crippen LogP contribution in [0, 0.1) is 11.6 Å². The molecule has 0 atom stereocenters. The molecule has 1 aromatic carbocycles. The summed E-state index contributed by atoms with van der Waals surface area (Å²) in [5.74, 6) is -1.08. The number of nitrogens with two attached hydrogens (primary N) is 1. The average Bonchev–Trinajstić information content (AvgIpc) is 2.87. The number of rotatable bonds is 7. The number of nitrogens with one attached hydrogen (secondary N) is 1. The van der Waals surface area contributed by atoms with Gasteiger partial charge < -0.3 is 10.5 Å². The van der Waals surface area contributed by atoms with Crippen molar-refractivity contribution < 1.29 is 13.5 Å². The highest BCUT2D eigenvalue weighted by atomic mass is 32.1. The Kier molecular flexibility index (Phi) is 5.65. The Morgan fingerprint density at radius 2 is 2.27 bits per heavy atom. The quantitative estimate of drug-likeness (QED) is 0.463. The zero-order valence-corrected chi connectivity index (χ0v) is 12.8. The molecule has 0 saturated carbocycles. The van der Waals surface area contributed by atoms with Crippen LogP contribution in [0.5, 0.6) is 5.75 Å². The van der Waals surface area contributed by atoms with Gasteiger partial charge in [-0.3, -0.25) is 5.43 Å². The lowest BCUT2D eigenvalue weighted by Crippen LogP contribution is -2.03. The predicted octanol–water partition coefficient (Wildman–Crippen LogP) is 3.63. The second-order valence-corrected chi connectivity index (χ2v) is 5.31. The number of unbranched alkanes of at least 4 members (excludes halogenated alkanes) is 1. The molecule has 2 rings (SSSR count). The van der Waals surface area contributed by atoms with Gasteiger partial charge in [0.25, 0.3) is 0 Å². The molecule has 0 aliphatic heterocycles. The third kappa shape index (κ3) is 4.39. The summed E-state index contributed by atoms with van der Waals surface area (Å²) in [6, 6.07) is 1.94. The lowest BCUT2D eigenvalue weighted by Gasteiger charge is -2.09. The smallest absolute Gasteiger partial charge is 0.205 e. The van der Waals surface area contributed by atoms with Gasteiger partial charge in [0.15, 0.2) is 11.6 Å². The number of ether oxygens (including phenoxy) is 1. The summed E-state index contributed by atoms with van der Waals surface area (Å²) in [5, 5.41) is 6.04. The zero-order chi connectivity index (χ0) is 15.9. The number of nitrogens with zero attached hydrogens (tertiary/aromatic N) is 2. The van der Waals surface area contributed by atoms with Gasteiger partial charge in [-0.1, -0.05) is 13.3 Å². The summed E-state index contributed by atoms with van der Waals surface area (Å²) >= 11 is 1.27. The van der Waals surface area contributed by atoms with Crippen LogP contribution in [0.1, 0.15) is 25.3 Å². The van der Waals surface area contributed by atoms with Crippen molar-refractivity contribution in [3.8, 4) is 5.75 Å². The SMILES string of the molecule is CCCCOc1c(F)cc(F)cc1C=NNc1nc(N)cs1. The summed E-state index contributed by atoms with van der Waals surface area (Å²) in [6.45, 7) is 2.35. The van der Waals surface area contributed by atoms with Crippen molar-refractivity contribution in [3.05, 3.63) is 34.7 Å². The first-order chi connectivity index (χ1) is 10.6. The standard InChI is InChI=1S/C14H16F2N4OS/c1-2-3-4-21-13-9(5-10(15)6-11(13)16)7-18-20-14-19-12(17)8-22-14/h5-8H,2-4,17H2,1H3,(H,19,20). The highest BCUT2D eigenvalue weighted by Gasteiger charge is 2.11. The van der Waals surface area contributed by atoms with Crippen molar-refractivity contribution in [2.24, 2.45) is 5.10 Å². The van der Waals surface area contributed by atoms with E-state index in [-0.39, 0.29) is 11.3 Å². The van der Waals surface area contributed by atoms with Crippen molar-refractivity contribution >= 4 is 28.5 Å². The molecule has 0 aliphatic carbocycles. The van der Waals surface area contributed by atoms with E-state index in [0.29, 0.717) is 17.6 Å². The van der Waals surface area contributed by atoms with Crippen molar-refractivity contribution in [2.75, 3.05) is 17.8 Å². The van der Waals surface area contributed by atoms with E-state index in [1.807, 2.05) is 6.92 Å². The monoisotopic (exact) mass is 326 g/mol. The Balaban J connectivity index is 2.13. The molecular formula is C14H16F2N4OS. The van der Waals surface area contributed by atoms with E-state index in [2.05, 4.69) is 15.5 Å². The fourth-order valence-electron chi connectivity index (χ4n) is 1.64. The fourth-order valence-corrected chi connectivity index (χ4v) is 2.19. The number of nitrogen functional groups attached to an aromatic ring is 1. The summed E-state index contributed by atoms with van der Waals surface area (Å²) in [4.78, 5) is 3.95. The van der Waals surface area contributed by atoms with Gasteiger partial charge >= 0.3 is 0 Å². The molecule has 1 aromatic heterocycles. The maximum atomic E-state index is 13.8. The minimum absolute atomic E-state index is 0.0148. The number of hydrogen-bond donors (Lipinski definition) is 2. The molecule has 0 saturated heterocycles. The zero-order valence-electron chi connectivity index (χ0n) is 12.0. The highest BCUT2D eigenvalue weighted by molar-refractivity contribution is 7.14. The molecule has 8 heteroatoms. The van der Waals surface area contributed by atoms with E-state index < -0.39 is 11.6 Å². The third-order valence-electron chi connectivity index (χ3n) is 2.67. The lowest BCUT2D eigenvalue weighted by molar-refractivity contribution is 0.293. The van der Waals surface area contributed by atoms with Crippen LogP contribution < -0.4 is 15.9 Å². The molecule has 5 nitrogen and oxygen atoms in total. The van der Waals surface area contributed by atoms with Gasteiger partial charge in [-0.25, -0.2) is 13.8 Å². The van der Waals surface area contributed by atoms with E-state index >= 15 is 0 Å². The van der Waals surface area contributed by atoms with Crippen LogP contribution in [0.15, 0.2) is 22.6 Å². The average molecular weight is 326 g/mol. The molecule has 0 bridgehead atoms. The molecule has 1 heterocycles. The van der Waals surface area contributed by atoms with Gasteiger partial charge in [0.05, 0.1) is 12.8 Å². The van der Waals surface area contributed by atoms with E-state index in [9.17, 15) is 8.78 Å². The minimum atomic E-state index is -0.754. The first kappa shape index (κ1) is 16.2. The van der Waals surface area contributed by atoms with E-state index in [1.165, 1.54) is 17.6 Å². The predicted molar refractivity (Wildman–Crippen MR) is 84.5 cm³/mol. The molecular weight excluding hydrogens is 310 g/mol. The van der Waals surface area contributed by atoms with Crippen LogP contribution >= 0.6 is 11.3 Å². The summed E-state index contributed by atoms with van der Waals surface area (Å²) in [7, 11) is 0. The summed E-state index contributed by atoms with van der Waals surface area (Å²) in [5.41, 5.74) is 8.34. The molecule has 2 aromatic rings. The molecule has 0 unspecified atom stereocenters. The van der Waals surface area contributed by atoms with E-state index in [0.717, 1.165) is 25.0 Å². The van der Waals surface area contributed by atoms with Gasteiger partial charge in [-0.05, 0) is 12.5 Å². The number of aromatic nitrogens is 1. The van der Waals surface area contributed by atoms with E-state index in [4.69, 9.17) is 10.5 Å². The summed E-state index contributed by atoms with van der Waals surface area (Å²) in [6.07, 6.45) is 2.98. The molecule has 0 radical (unpaired) electrons. The Morgan fingerprint density at radius 1 is 1.45 bits per heavy atom. The number of benzene rings is 1. The molecule has 22 heavy (non-hydrogen) atoms. The first-order valence-electron chi connectivity index (χ1n) is 6.72. The van der Waals surface area contributed by atoms with Crippen LogP contribution in [0.25, 0.3) is 0 Å². The topological polar surface area (TPSA) is 72.5 Å². The van der Waals surface area contributed by atoms with Gasteiger partial charge in [0.2, 0.25) is 5.13 Å². The molecule has 0 aliphatic rings. The molecule has 0 amide bonds. The van der Waals surface area contributed by atoms with Crippen LogP contribution in [0.3, 0.4) is 0 Å². The maximum absolute atomic E-state index is 13.8. The Morgan fingerprint density at radius 3 is 2.95 bits per heavy atom. The third-order valence-corrected chi connectivity index (χ3v) is 3.43. The van der Waals surface area contributed by atoms with Gasteiger partial charge in [0.1, 0.15) is 11.6 Å². The minimum Gasteiger partial charge on any atom is -0.490 e.